The van der Waals surface area contributed by atoms with Crippen molar-refractivity contribution in [2.75, 3.05) is 0 Å². The van der Waals surface area contributed by atoms with Gasteiger partial charge in [0, 0.05) is 11.6 Å². The summed E-state index contributed by atoms with van der Waals surface area (Å²) in [6.45, 7) is 1.84. The number of benzene rings is 1. The summed E-state index contributed by atoms with van der Waals surface area (Å²) >= 11 is 0. The Labute approximate surface area is 82.5 Å². The maximum absolute atomic E-state index is 13.1. The maximum atomic E-state index is 13.1. The SMILES string of the molecule is Cc1ccc(F)c(O)c1[C@@H](N)C1CC1. The third-order valence-electron chi connectivity index (χ3n) is 2.85. The number of rotatable bonds is 2. The molecule has 76 valence electrons. The zero-order chi connectivity index (χ0) is 10.3. The molecule has 0 spiro atoms. The van der Waals surface area contributed by atoms with E-state index in [1.54, 1.807) is 6.07 Å². The van der Waals surface area contributed by atoms with Gasteiger partial charge in [-0.05, 0) is 37.3 Å². The van der Waals surface area contributed by atoms with Crippen LogP contribution in [-0.4, -0.2) is 5.11 Å². The summed E-state index contributed by atoms with van der Waals surface area (Å²) in [4.78, 5) is 0. The summed E-state index contributed by atoms with van der Waals surface area (Å²) in [6, 6.07) is 2.71. The van der Waals surface area contributed by atoms with Crippen LogP contribution in [0.3, 0.4) is 0 Å². The number of hydrogen-bond acceptors (Lipinski definition) is 2. The first-order chi connectivity index (χ1) is 6.61. The Morgan fingerprint density at radius 1 is 1.50 bits per heavy atom. The lowest BCUT2D eigenvalue weighted by atomic mass is 9.97. The van der Waals surface area contributed by atoms with Crippen LogP contribution in [0.2, 0.25) is 0 Å². The molecule has 0 aromatic heterocycles. The minimum absolute atomic E-state index is 0.217. The van der Waals surface area contributed by atoms with Gasteiger partial charge in [-0.15, -0.1) is 0 Å². The molecule has 0 aliphatic heterocycles. The highest BCUT2D eigenvalue weighted by Crippen LogP contribution is 2.43. The maximum Gasteiger partial charge on any atom is 0.165 e. The Morgan fingerprint density at radius 2 is 2.14 bits per heavy atom. The van der Waals surface area contributed by atoms with Crippen molar-refractivity contribution in [3.8, 4) is 5.75 Å². The normalized spacial score (nSPS) is 18.2. The fourth-order valence-corrected chi connectivity index (χ4v) is 1.79. The number of phenols is 1. The van der Waals surface area contributed by atoms with Crippen molar-refractivity contribution < 1.29 is 9.50 Å². The van der Waals surface area contributed by atoms with E-state index in [0.717, 1.165) is 18.4 Å². The minimum Gasteiger partial charge on any atom is -0.505 e. The van der Waals surface area contributed by atoms with E-state index in [1.165, 1.54) is 6.07 Å². The second-order valence-electron chi connectivity index (χ2n) is 3.99. The molecule has 0 radical (unpaired) electrons. The Balaban J connectivity index is 2.43. The molecular weight excluding hydrogens is 181 g/mol. The molecule has 0 saturated heterocycles. The molecule has 1 aliphatic carbocycles. The van der Waals surface area contributed by atoms with Gasteiger partial charge in [0.05, 0.1) is 0 Å². The van der Waals surface area contributed by atoms with Crippen LogP contribution in [0.1, 0.15) is 30.0 Å². The lowest BCUT2D eigenvalue weighted by molar-refractivity contribution is 0.416. The van der Waals surface area contributed by atoms with Crippen LogP contribution in [0.4, 0.5) is 4.39 Å². The van der Waals surface area contributed by atoms with Crippen LogP contribution in [0.25, 0.3) is 0 Å². The van der Waals surface area contributed by atoms with E-state index in [2.05, 4.69) is 0 Å². The summed E-state index contributed by atoms with van der Waals surface area (Å²) in [6.07, 6.45) is 2.16. The van der Waals surface area contributed by atoms with Gasteiger partial charge in [0.2, 0.25) is 0 Å². The summed E-state index contributed by atoms with van der Waals surface area (Å²) < 4.78 is 13.1. The van der Waals surface area contributed by atoms with Crippen LogP contribution in [0, 0.1) is 18.7 Å². The number of halogens is 1. The Morgan fingerprint density at radius 3 is 2.71 bits per heavy atom. The van der Waals surface area contributed by atoms with Crippen molar-refractivity contribution >= 4 is 0 Å². The van der Waals surface area contributed by atoms with Crippen molar-refractivity contribution in [2.45, 2.75) is 25.8 Å². The lowest BCUT2D eigenvalue weighted by Gasteiger charge is -2.15. The van der Waals surface area contributed by atoms with E-state index in [1.807, 2.05) is 6.92 Å². The molecule has 0 unspecified atom stereocenters. The van der Waals surface area contributed by atoms with E-state index >= 15 is 0 Å². The first-order valence-corrected chi connectivity index (χ1v) is 4.85. The van der Waals surface area contributed by atoms with Crippen LogP contribution < -0.4 is 5.73 Å². The molecule has 3 heteroatoms. The van der Waals surface area contributed by atoms with Gasteiger partial charge < -0.3 is 10.8 Å². The molecule has 1 saturated carbocycles. The Hall–Kier alpha value is -1.09. The van der Waals surface area contributed by atoms with Gasteiger partial charge >= 0.3 is 0 Å². The summed E-state index contributed by atoms with van der Waals surface area (Å²) in [5.74, 6) is -0.437. The predicted molar refractivity (Wildman–Crippen MR) is 52.5 cm³/mol. The fourth-order valence-electron chi connectivity index (χ4n) is 1.79. The van der Waals surface area contributed by atoms with E-state index in [0.29, 0.717) is 11.5 Å². The van der Waals surface area contributed by atoms with E-state index in [-0.39, 0.29) is 11.8 Å². The number of aromatic hydroxyl groups is 1. The Kier molecular flexibility index (Phi) is 2.19. The van der Waals surface area contributed by atoms with Crippen molar-refractivity contribution in [1.82, 2.24) is 0 Å². The monoisotopic (exact) mass is 195 g/mol. The highest BCUT2D eigenvalue weighted by molar-refractivity contribution is 5.42. The smallest absolute Gasteiger partial charge is 0.165 e. The van der Waals surface area contributed by atoms with Crippen LogP contribution in [0.15, 0.2) is 12.1 Å². The third kappa shape index (κ3) is 1.48. The largest absolute Gasteiger partial charge is 0.505 e. The van der Waals surface area contributed by atoms with Crippen molar-refractivity contribution in [1.29, 1.82) is 0 Å². The lowest BCUT2D eigenvalue weighted by Crippen LogP contribution is -2.14. The summed E-state index contributed by atoms with van der Waals surface area (Å²) in [5.41, 5.74) is 7.38. The van der Waals surface area contributed by atoms with Gasteiger partial charge in [0.25, 0.3) is 0 Å². The van der Waals surface area contributed by atoms with Crippen LogP contribution in [-0.2, 0) is 0 Å². The van der Waals surface area contributed by atoms with Gasteiger partial charge in [-0.2, -0.15) is 0 Å². The van der Waals surface area contributed by atoms with E-state index in [9.17, 15) is 9.50 Å². The van der Waals surface area contributed by atoms with Crippen molar-refractivity contribution in [3.05, 3.63) is 29.1 Å². The highest BCUT2D eigenvalue weighted by Gasteiger charge is 2.32. The average molecular weight is 195 g/mol. The molecule has 1 atom stereocenters. The Bertz CT molecular complexity index is 361. The molecule has 0 heterocycles. The van der Waals surface area contributed by atoms with Gasteiger partial charge in [-0.25, -0.2) is 4.39 Å². The number of nitrogens with two attached hydrogens (primary N) is 1. The zero-order valence-electron chi connectivity index (χ0n) is 8.13. The van der Waals surface area contributed by atoms with Gasteiger partial charge in [-0.3, -0.25) is 0 Å². The number of hydrogen-bond donors (Lipinski definition) is 2. The van der Waals surface area contributed by atoms with E-state index in [4.69, 9.17) is 5.73 Å². The second kappa shape index (κ2) is 3.24. The molecule has 1 aromatic rings. The second-order valence-corrected chi connectivity index (χ2v) is 3.99. The topological polar surface area (TPSA) is 46.2 Å². The molecular formula is C11H14FNO. The predicted octanol–water partition coefficient (Wildman–Crippen LogP) is 2.25. The first kappa shape index (κ1) is 9.46. The van der Waals surface area contributed by atoms with Gasteiger partial charge in [0.15, 0.2) is 11.6 Å². The molecule has 1 aliphatic rings. The van der Waals surface area contributed by atoms with Crippen molar-refractivity contribution in [2.24, 2.45) is 11.7 Å². The quantitative estimate of drug-likeness (QED) is 0.760. The highest BCUT2D eigenvalue weighted by atomic mass is 19.1. The standard InChI is InChI=1S/C11H14FNO/c1-6-2-5-8(12)11(14)9(6)10(13)7-3-4-7/h2,5,7,10,14H,3-4,13H2,1H3/t10-/m0/s1. The molecule has 0 bridgehead atoms. The number of aryl methyl sites for hydroxylation is 1. The molecule has 14 heavy (non-hydrogen) atoms. The van der Waals surface area contributed by atoms with Gasteiger partial charge in [-0.1, -0.05) is 6.07 Å². The third-order valence-corrected chi connectivity index (χ3v) is 2.85. The van der Waals surface area contributed by atoms with E-state index < -0.39 is 5.82 Å². The van der Waals surface area contributed by atoms with Crippen molar-refractivity contribution in [3.63, 3.8) is 0 Å². The molecule has 0 amide bonds. The minimum atomic E-state index is -0.582. The zero-order valence-corrected chi connectivity index (χ0v) is 8.13. The average Bonchev–Trinajstić information content (AvgIpc) is 2.95. The molecule has 1 aromatic carbocycles. The summed E-state index contributed by atoms with van der Waals surface area (Å²) in [7, 11) is 0. The fraction of sp³-hybridized carbons (Fsp3) is 0.455. The molecule has 1 fully saturated rings. The van der Waals surface area contributed by atoms with Crippen LogP contribution >= 0.6 is 0 Å². The summed E-state index contributed by atoms with van der Waals surface area (Å²) in [5, 5.41) is 9.57. The van der Waals surface area contributed by atoms with Crippen LogP contribution in [0.5, 0.6) is 5.75 Å². The van der Waals surface area contributed by atoms with Gasteiger partial charge in [0.1, 0.15) is 0 Å². The molecule has 2 nitrogen and oxygen atoms in total. The molecule has 2 rings (SSSR count). The number of phenolic OH excluding ortho intramolecular Hbond substituents is 1. The molecule has 3 N–H and O–H groups in total. The first-order valence-electron chi connectivity index (χ1n) is 4.85.